The molecule has 2 unspecified atom stereocenters. The number of benzene rings is 1. The van der Waals surface area contributed by atoms with Crippen LogP contribution in [0.5, 0.6) is 0 Å². The fourth-order valence-corrected chi connectivity index (χ4v) is 4.28. The molecule has 42 heavy (non-hydrogen) atoms. The Balaban J connectivity index is 1.43. The minimum absolute atomic E-state index is 0.0855. The molecule has 16 heteroatoms. The molecule has 4 atom stereocenters. The number of pyridine rings is 1. The number of aliphatic hydroxyl groups is 1. The van der Waals surface area contributed by atoms with Crippen LogP contribution in [-0.2, 0) is 14.2 Å². The molecule has 16 nitrogen and oxygen atoms in total. The first-order valence-electron chi connectivity index (χ1n) is 12.6. The van der Waals surface area contributed by atoms with E-state index in [1.54, 1.807) is 30.3 Å². The van der Waals surface area contributed by atoms with E-state index in [0.29, 0.717) is 14.9 Å². The normalized spacial score (nSPS) is 19.3. The molecule has 1 fully saturated rings. The summed E-state index contributed by atoms with van der Waals surface area (Å²) in [7, 11) is 0. The van der Waals surface area contributed by atoms with Crippen molar-refractivity contribution in [1.29, 1.82) is 0 Å². The lowest BCUT2D eigenvalue weighted by Gasteiger charge is -2.18. The van der Waals surface area contributed by atoms with E-state index in [-0.39, 0.29) is 29.8 Å². The summed E-state index contributed by atoms with van der Waals surface area (Å²) >= 11 is 0. The molecule has 3 aromatic rings. The summed E-state index contributed by atoms with van der Waals surface area (Å²) in [5.74, 6) is -0.775. The van der Waals surface area contributed by atoms with Crippen LogP contribution in [0.15, 0.2) is 69.4 Å². The molecule has 3 heterocycles. The second-order valence-corrected chi connectivity index (χ2v) is 9.37. The van der Waals surface area contributed by atoms with Crippen molar-refractivity contribution < 1.29 is 39.0 Å². The average molecular weight is 586 g/mol. The lowest BCUT2D eigenvalue weighted by atomic mass is 10.1. The van der Waals surface area contributed by atoms with E-state index in [2.05, 4.69) is 4.99 Å². The largest absolute Gasteiger partial charge is 0.508 e. The van der Waals surface area contributed by atoms with E-state index in [1.807, 2.05) is 0 Å². The van der Waals surface area contributed by atoms with Crippen molar-refractivity contribution in [3.63, 3.8) is 0 Å². The number of ether oxygens (including phenoxy) is 3. The van der Waals surface area contributed by atoms with Gasteiger partial charge in [-0.25, -0.2) is 9.59 Å². The maximum absolute atomic E-state index is 12.7. The monoisotopic (exact) mass is 585 g/mol. The SMILES string of the molecule is CC(=O)n1c(=O)c(C)cn([C@H]2CC(O)[C@@H](COC(=O)OCC(N=c3cc([N+](=O)[O-])ccn3O)c3ccccc3)O2)c1=O. The molecule has 1 aromatic carbocycles. The number of rotatable bonds is 8. The summed E-state index contributed by atoms with van der Waals surface area (Å²) in [5, 5.41) is 31.7. The van der Waals surface area contributed by atoms with Gasteiger partial charge in [-0.3, -0.25) is 29.3 Å². The molecule has 2 aromatic heterocycles. The molecule has 0 bridgehead atoms. The first kappa shape index (κ1) is 29.9. The van der Waals surface area contributed by atoms with Gasteiger partial charge in [-0.1, -0.05) is 30.3 Å². The highest BCUT2D eigenvalue weighted by molar-refractivity contribution is 5.75. The summed E-state index contributed by atoms with van der Waals surface area (Å²) in [6.45, 7) is 1.67. The van der Waals surface area contributed by atoms with Gasteiger partial charge in [-0.15, -0.1) is 0 Å². The van der Waals surface area contributed by atoms with Crippen molar-refractivity contribution in [2.45, 2.75) is 44.7 Å². The van der Waals surface area contributed by atoms with Crippen LogP contribution in [0.4, 0.5) is 10.5 Å². The van der Waals surface area contributed by atoms with Gasteiger partial charge in [0.1, 0.15) is 31.6 Å². The molecular formula is C26H27N5O11. The summed E-state index contributed by atoms with van der Waals surface area (Å²) in [6, 6.07) is 9.80. The van der Waals surface area contributed by atoms with Crippen molar-refractivity contribution in [3.8, 4) is 0 Å². The fourth-order valence-electron chi connectivity index (χ4n) is 4.28. The number of carbonyl (C=O) groups is 2. The predicted octanol–water partition coefficient (Wildman–Crippen LogP) is 1.07. The van der Waals surface area contributed by atoms with E-state index in [4.69, 9.17) is 14.2 Å². The smallest absolute Gasteiger partial charge is 0.432 e. The number of nitro groups is 1. The molecule has 0 amide bonds. The molecule has 1 aliphatic heterocycles. The van der Waals surface area contributed by atoms with Crippen LogP contribution in [0.1, 0.15) is 41.5 Å². The Morgan fingerprint density at radius 2 is 1.93 bits per heavy atom. The van der Waals surface area contributed by atoms with Gasteiger partial charge in [0.15, 0.2) is 5.49 Å². The van der Waals surface area contributed by atoms with Gasteiger partial charge >= 0.3 is 11.8 Å². The van der Waals surface area contributed by atoms with Gasteiger partial charge < -0.3 is 24.5 Å². The summed E-state index contributed by atoms with van der Waals surface area (Å²) in [4.78, 5) is 63.9. The number of aryl methyl sites for hydroxylation is 1. The molecule has 0 saturated carbocycles. The molecular weight excluding hydrogens is 558 g/mol. The quantitative estimate of drug-likeness (QED) is 0.165. The third kappa shape index (κ3) is 6.61. The van der Waals surface area contributed by atoms with Crippen molar-refractivity contribution >= 4 is 17.7 Å². The van der Waals surface area contributed by atoms with Crippen LogP contribution in [0.2, 0.25) is 0 Å². The maximum Gasteiger partial charge on any atom is 0.508 e. The summed E-state index contributed by atoms with van der Waals surface area (Å²) in [5.41, 5.74) is -1.48. The average Bonchev–Trinajstić information content (AvgIpc) is 3.32. The Bertz CT molecular complexity index is 1680. The molecule has 1 saturated heterocycles. The van der Waals surface area contributed by atoms with Gasteiger partial charge in [0.05, 0.1) is 23.3 Å². The predicted molar refractivity (Wildman–Crippen MR) is 141 cm³/mol. The zero-order chi connectivity index (χ0) is 30.6. The number of hydrogen-bond acceptors (Lipinski definition) is 12. The molecule has 1 aliphatic rings. The molecule has 2 N–H and O–H groups in total. The Morgan fingerprint density at radius 1 is 1.21 bits per heavy atom. The highest BCUT2D eigenvalue weighted by atomic mass is 16.7. The van der Waals surface area contributed by atoms with Crippen LogP contribution in [0.25, 0.3) is 0 Å². The van der Waals surface area contributed by atoms with Crippen molar-refractivity contribution in [1.82, 2.24) is 13.9 Å². The molecule has 222 valence electrons. The summed E-state index contributed by atoms with van der Waals surface area (Å²) < 4.78 is 18.1. The Labute approximate surface area is 236 Å². The summed E-state index contributed by atoms with van der Waals surface area (Å²) in [6.07, 6.45) is -2.20. The highest BCUT2D eigenvalue weighted by Crippen LogP contribution is 2.28. The molecule has 0 spiro atoms. The number of nitrogens with zero attached hydrogens (tertiary/aromatic N) is 5. The Kier molecular flexibility index (Phi) is 8.97. The first-order valence-corrected chi connectivity index (χ1v) is 12.6. The van der Waals surface area contributed by atoms with E-state index >= 15 is 0 Å². The highest BCUT2D eigenvalue weighted by Gasteiger charge is 2.37. The molecule has 0 radical (unpaired) electrons. The van der Waals surface area contributed by atoms with Gasteiger partial charge in [-0.05, 0) is 12.5 Å². The van der Waals surface area contributed by atoms with E-state index in [1.165, 1.54) is 13.1 Å². The van der Waals surface area contributed by atoms with E-state index in [0.717, 1.165) is 29.8 Å². The van der Waals surface area contributed by atoms with Crippen LogP contribution in [0.3, 0.4) is 0 Å². The van der Waals surface area contributed by atoms with Crippen molar-refractivity contribution in [2.75, 3.05) is 13.2 Å². The Morgan fingerprint density at radius 3 is 2.60 bits per heavy atom. The second-order valence-electron chi connectivity index (χ2n) is 9.37. The van der Waals surface area contributed by atoms with Gasteiger partial charge in [0, 0.05) is 31.2 Å². The van der Waals surface area contributed by atoms with Crippen LogP contribution >= 0.6 is 0 Å². The van der Waals surface area contributed by atoms with Gasteiger partial charge in [0.2, 0.25) is 5.91 Å². The molecule has 0 aliphatic carbocycles. The number of aliphatic hydroxyl groups excluding tert-OH is 1. The van der Waals surface area contributed by atoms with Gasteiger partial charge in [-0.2, -0.15) is 9.30 Å². The number of hydrogen-bond donors (Lipinski definition) is 2. The minimum Gasteiger partial charge on any atom is -0.432 e. The zero-order valence-corrected chi connectivity index (χ0v) is 22.4. The minimum atomic E-state index is -1.16. The van der Waals surface area contributed by atoms with E-state index < -0.39 is 59.3 Å². The van der Waals surface area contributed by atoms with Crippen LogP contribution < -0.4 is 16.7 Å². The first-order chi connectivity index (χ1) is 20.0. The topological polar surface area (TPSA) is 207 Å². The standard InChI is InChI=1S/C26H27N5O11/c1-15-12-28(25(35)30(16(2)32)24(15)34)23-11-20(33)21(42-23)14-41-26(36)40-13-19(17-6-4-3-5-7-17)27-22-10-18(31(38)39)8-9-29(22)37/h3-10,12,19-21,23,33,37H,11,13-14H2,1-2H3/t19?,20?,21-,23-/m1/s1. The number of aromatic nitrogens is 3. The molecule has 4 rings (SSSR count). The third-order valence-electron chi connectivity index (χ3n) is 6.42. The van der Waals surface area contributed by atoms with Crippen LogP contribution in [0, 0.1) is 17.0 Å². The lowest BCUT2D eigenvalue weighted by Crippen LogP contribution is -2.44. The van der Waals surface area contributed by atoms with Crippen molar-refractivity contribution in [2.24, 2.45) is 4.99 Å². The van der Waals surface area contributed by atoms with Crippen LogP contribution in [-0.4, -0.2) is 66.6 Å². The van der Waals surface area contributed by atoms with E-state index in [9.17, 15) is 39.6 Å². The third-order valence-corrected chi connectivity index (χ3v) is 6.42. The van der Waals surface area contributed by atoms with Gasteiger partial charge in [0.25, 0.3) is 11.2 Å². The number of carbonyl (C=O) groups excluding carboxylic acids is 2. The zero-order valence-electron chi connectivity index (χ0n) is 22.4. The maximum atomic E-state index is 12.7. The fraction of sp³-hybridized carbons (Fsp3) is 0.346. The Hall–Kier alpha value is -5.09. The van der Waals surface area contributed by atoms with Crippen molar-refractivity contribution in [3.05, 3.63) is 102 Å². The lowest BCUT2D eigenvalue weighted by molar-refractivity contribution is -0.385. The second kappa shape index (κ2) is 12.6.